The van der Waals surface area contributed by atoms with Crippen molar-refractivity contribution in [2.24, 2.45) is 0 Å². The molecule has 0 aliphatic heterocycles. The fourth-order valence-electron chi connectivity index (χ4n) is 2.70. The Kier molecular flexibility index (Phi) is 5.13. The topological polar surface area (TPSA) is 111 Å². The fraction of sp³-hybridized carbons (Fsp3) is 0. The Labute approximate surface area is 171 Å². The van der Waals surface area contributed by atoms with E-state index in [1.807, 2.05) is 0 Å². The van der Waals surface area contributed by atoms with Gasteiger partial charge in [0.05, 0.1) is 23.3 Å². The zero-order chi connectivity index (χ0) is 20.2. The van der Waals surface area contributed by atoms with Gasteiger partial charge >= 0.3 is 0 Å². The van der Waals surface area contributed by atoms with E-state index in [-0.39, 0.29) is 17.0 Å². The highest BCUT2D eigenvalue weighted by molar-refractivity contribution is 6.29. The second kappa shape index (κ2) is 8.04. The fourth-order valence-corrected chi connectivity index (χ4v) is 2.81. The zero-order valence-electron chi connectivity index (χ0n) is 15.0. The third-order valence-corrected chi connectivity index (χ3v) is 4.35. The molecule has 142 valence electrons. The molecule has 3 aromatic heterocycles. The van der Waals surface area contributed by atoms with Crippen molar-refractivity contribution in [1.29, 1.82) is 5.41 Å². The molecule has 4 rings (SSSR count). The second-order valence-electron chi connectivity index (χ2n) is 6.09. The molecule has 2 N–H and O–H groups in total. The molecule has 0 aromatic carbocycles. The summed E-state index contributed by atoms with van der Waals surface area (Å²) < 4.78 is 0. The van der Waals surface area contributed by atoms with Crippen LogP contribution in [0.15, 0.2) is 78.9 Å². The molecule has 7 nitrogen and oxygen atoms in total. The summed E-state index contributed by atoms with van der Waals surface area (Å²) in [6.07, 6.45) is 11.3. The predicted molar refractivity (Wildman–Crippen MR) is 111 cm³/mol. The van der Waals surface area contributed by atoms with Gasteiger partial charge < -0.3 is 15.8 Å². The molecular weight excluding hydrogens is 388 g/mol. The first-order chi connectivity index (χ1) is 14.1. The van der Waals surface area contributed by atoms with Crippen LogP contribution in [0, 0.1) is 5.41 Å². The van der Waals surface area contributed by atoms with Gasteiger partial charge in [0, 0.05) is 24.2 Å². The van der Waals surface area contributed by atoms with Crippen LogP contribution in [0.3, 0.4) is 0 Å². The van der Waals surface area contributed by atoms with Gasteiger partial charge in [0.15, 0.2) is 0 Å². The van der Waals surface area contributed by atoms with E-state index < -0.39 is 0 Å². The maximum atomic E-state index is 12.8. The third kappa shape index (κ3) is 4.20. The van der Waals surface area contributed by atoms with E-state index in [1.165, 1.54) is 6.20 Å². The van der Waals surface area contributed by atoms with E-state index in [2.05, 4.69) is 25.3 Å². The first kappa shape index (κ1) is 18.5. The smallest absolute Gasteiger partial charge is 0.227 e. The number of allylic oxidation sites excluding steroid dienone is 5. The van der Waals surface area contributed by atoms with Crippen molar-refractivity contribution in [3.8, 4) is 0 Å². The Balaban J connectivity index is 1.66. The number of pyridine rings is 2. The lowest BCUT2D eigenvalue weighted by Gasteiger charge is -2.20. The maximum absolute atomic E-state index is 12.8. The monoisotopic (exact) mass is 401 g/mol. The van der Waals surface area contributed by atoms with Crippen LogP contribution in [-0.4, -0.2) is 25.6 Å². The lowest BCUT2D eigenvalue weighted by atomic mass is 9.95. The van der Waals surface area contributed by atoms with Gasteiger partial charge in [-0.1, -0.05) is 29.5 Å². The van der Waals surface area contributed by atoms with Gasteiger partial charge in [-0.05, 0) is 47.6 Å². The summed E-state index contributed by atoms with van der Waals surface area (Å²) in [5.41, 5.74) is 2.87. The van der Waals surface area contributed by atoms with Crippen molar-refractivity contribution in [2.45, 2.75) is 0 Å². The minimum absolute atomic E-state index is 0.141. The molecule has 0 saturated carbocycles. The number of anilines is 2. The molecule has 1 aliphatic rings. The largest absolute Gasteiger partial charge is 0.872 e. The summed E-state index contributed by atoms with van der Waals surface area (Å²) >= 11 is 5.80. The van der Waals surface area contributed by atoms with Crippen LogP contribution in [0.5, 0.6) is 0 Å². The van der Waals surface area contributed by atoms with Crippen LogP contribution < -0.4 is 10.4 Å². The molecule has 3 aromatic rings. The Bertz CT molecular complexity index is 1150. The molecule has 0 bridgehead atoms. The summed E-state index contributed by atoms with van der Waals surface area (Å²) in [5.74, 6) is 0.117. The summed E-state index contributed by atoms with van der Waals surface area (Å²) in [7, 11) is 0. The molecule has 3 heterocycles. The number of aromatic nitrogens is 4. The lowest BCUT2D eigenvalue weighted by molar-refractivity contribution is -0.244. The molecule has 8 heteroatoms. The number of hydrogen-bond acceptors (Lipinski definition) is 7. The summed E-state index contributed by atoms with van der Waals surface area (Å²) in [6, 6.07) is 8.54. The van der Waals surface area contributed by atoms with E-state index in [0.29, 0.717) is 33.6 Å². The normalized spacial score (nSPS) is 15.1. The summed E-state index contributed by atoms with van der Waals surface area (Å²) in [6.45, 7) is 0. The Morgan fingerprint density at radius 2 is 1.93 bits per heavy atom. The highest BCUT2D eigenvalue weighted by Crippen LogP contribution is 2.26. The molecule has 0 spiro atoms. The van der Waals surface area contributed by atoms with Crippen LogP contribution in [0.25, 0.3) is 11.3 Å². The van der Waals surface area contributed by atoms with Crippen molar-refractivity contribution in [3.63, 3.8) is 0 Å². The number of nitrogens with one attached hydrogen (secondary N) is 2. The van der Waals surface area contributed by atoms with Crippen LogP contribution in [0.2, 0.25) is 5.15 Å². The average molecular weight is 402 g/mol. The SMILES string of the molecule is N=C1C=CC(c2ccnc(Nc3ccc(Cl)nc3)n2)=C/C1=C(/[O-])c1cccnc1. The molecule has 0 amide bonds. The van der Waals surface area contributed by atoms with E-state index in [4.69, 9.17) is 17.0 Å². The number of nitrogens with zero attached hydrogens (tertiary/aromatic N) is 4. The Morgan fingerprint density at radius 1 is 1.03 bits per heavy atom. The Morgan fingerprint density at radius 3 is 2.69 bits per heavy atom. The number of rotatable bonds is 4. The summed E-state index contributed by atoms with van der Waals surface area (Å²) in [4.78, 5) is 16.7. The Hall–Kier alpha value is -3.84. The van der Waals surface area contributed by atoms with Crippen molar-refractivity contribution in [2.75, 3.05) is 5.32 Å². The van der Waals surface area contributed by atoms with Crippen molar-refractivity contribution in [3.05, 3.63) is 95.3 Å². The van der Waals surface area contributed by atoms with Gasteiger partial charge in [0.1, 0.15) is 5.15 Å². The molecule has 0 radical (unpaired) electrons. The van der Waals surface area contributed by atoms with Crippen LogP contribution >= 0.6 is 11.6 Å². The van der Waals surface area contributed by atoms with E-state index in [1.54, 1.807) is 67.2 Å². The molecule has 0 unspecified atom stereocenters. The quantitative estimate of drug-likeness (QED) is 0.512. The van der Waals surface area contributed by atoms with Crippen molar-refractivity contribution < 1.29 is 5.11 Å². The van der Waals surface area contributed by atoms with Crippen LogP contribution in [0.4, 0.5) is 11.6 Å². The third-order valence-electron chi connectivity index (χ3n) is 4.12. The van der Waals surface area contributed by atoms with Gasteiger partial charge in [0.25, 0.3) is 0 Å². The first-order valence-electron chi connectivity index (χ1n) is 8.62. The van der Waals surface area contributed by atoms with E-state index in [0.717, 1.165) is 0 Å². The molecule has 1 aliphatic carbocycles. The predicted octanol–water partition coefficient (Wildman–Crippen LogP) is 3.41. The van der Waals surface area contributed by atoms with Gasteiger partial charge in [-0.3, -0.25) is 4.98 Å². The molecule has 29 heavy (non-hydrogen) atoms. The standard InChI is InChI=1S/C21H15ClN6O/c22-19-6-4-15(12-26-19)27-21-25-9-7-18(28-21)13-3-5-17(23)16(10-13)20(29)14-2-1-8-24-11-14/h1-12,23,29H,(H,25,27,28)/p-1/b20-16-,23-17?. The van der Waals surface area contributed by atoms with Crippen LogP contribution in [-0.2, 0) is 0 Å². The zero-order valence-corrected chi connectivity index (χ0v) is 15.8. The van der Waals surface area contributed by atoms with Gasteiger partial charge in [0.2, 0.25) is 5.95 Å². The van der Waals surface area contributed by atoms with Gasteiger partial charge in [-0.25, -0.2) is 15.0 Å². The highest BCUT2D eigenvalue weighted by atomic mass is 35.5. The molecule has 0 atom stereocenters. The molecular formula is C21H14ClN6O-. The van der Waals surface area contributed by atoms with Crippen molar-refractivity contribution >= 4 is 40.3 Å². The average Bonchev–Trinajstić information content (AvgIpc) is 2.76. The van der Waals surface area contributed by atoms with E-state index >= 15 is 0 Å². The highest BCUT2D eigenvalue weighted by Gasteiger charge is 2.12. The minimum Gasteiger partial charge on any atom is -0.872 e. The molecule has 0 fully saturated rings. The summed E-state index contributed by atoms with van der Waals surface area (Å²) in [5, 5.41) is 24.3. The number of hydrogen-bond donors (Lipinski definition) is 2. The number of halogens is 1. The lowest BCUT2D eigenvalue weighted by Crippen LogP contribution is -2.12. The minimum atomic E-state index is -0.260. The van der Waals surface area contributed by atoms with E-state index in [9.17, 15) is 5.11 Å². The van der Waals surface area contributed by atoms with Gasteiger partial charge in [-0.15, -0.1) is 0 Å². The van der Waals surface area contributed by atoms with Crippen LogP contribution in [0.1, 0.15) is 11.3 Å². The molecule has 0 saturated heterocycles. The van der Waals surface area contributed by atoms with Crippen molar-refractivity contribution in [1.82, 2.24) is 19.9 Å². The first-order valence-corrected chi connectivity index (χ1v) is 9.00. The second-order valence-corrected chi connectivity index (χ2v) is 6.48. The maximum Gasteiger partial charge on any atom is 0.227 e. The van der Waals surface area contributed by atoms with Gasteiger partial charge in [-0.2, -0.15) is 0 Å².